The number of likely N-dealkylation sites (tertiary alicyclic amines) is 1. The van der Waals surface area contributed by atoms with Crippen LogP contribution in [0.5, 0.6) is 0 Å². The van der Waals surface area contributed by atoms with Gasteiger partial charge in [0.05, 0.1) is 0 Å². The number of nitrogens with zero attached hydrogens (tertiary/aromatic N) is 2. The number of amides is 1. The van der Waals surface area contributed by atoms with E-state index in [1.165, 1.54) is 18.9 Å². The number of halogens is 1. The van der Waals surface area contributed by atoms with Crippen LogP contribution < -0.4 is 16.6 Å². The molecular formula is C30H35FN4O2. The lowest BCUT2D eigenvalue weighted by molar-refractivity contribution is 0.0950. The number of carbonyl (C=O) groups excluding carboxylic acids is 1. The van der Waals surface area contributed by atoms with Gasteiger partial charge in [-0.3, -0.25) is 14.5 Å². The molecule has 2 aliphatic carbocycles. The van der Waals surface area contributed by atoms with Crippen LogP contribution in [0.25, 0.3) is 21.9 Å². The summed E-state index contributed by atoms with van der Waals surface area (Å²) in [6, 6.07) is 9.40. The zero-order valence-electron chi connectivity index (χ0n) is 21.4. The van der Waals surface area contributed by atoms with Gasteiger partial charge in [0, 0.05) is 48.9 Å². The van der Waals surface area contributed by atoms with Crippen molar-refractivity contribution in [2.45, 2.75) is 70.6 Å². The van der Waals surface area contributed by atoms with Crippen molar-refractivity contribution in [3.63, 3.8) is 0 Å². The van der Waals surface area contributed by atoms with Crippen LogP contribution >= 0.6 is 0 Å². The Kier molecular flexibility index (Phi) is 6.37. The lowest BCUT2D eigenvalue weighted by Crippen LogP contribution is -2.35. The number of hydrogen-bond donors (Lipinski definition) is 2. The van der Waals surface area contributed by atoms with Crippen LogP contribution in [0.1, 0.15) is 60.0 Å². The van der Waals surface area contributed by atoms with Gasteiger partial charge in [0.15, 0.2) is 0 Å². The molecule has 194 valence electrons. The molecule has 1 aromatic heterocycles. The second-order valence-corrected chi connectivity index (χ2v) is 11.2. The molecule has 1 unspecified atom stereocenters. The van der Waals surface area contributed by atoms with Gasteiger partial charge in [-0.2, -0.15) is 0 Å². The summed E-state index contributed by atoms with van der Waals surface area (Å²) in [6.45, 7) is 4.84. The van der Waals surface area contributed by atoms with Crippen molar-refractivity contribution in [2.75, 3.05) is 13.1 Å². The molecule has 1 amide bonds. The molecule has 3 N–H and O–H groups in total. The summed E-state index contributed by atoms with van der Waals surface area (Å²) in [5.41, 5.74) is 9.48. The number of pyridine rings is 1. The normalized spacial score (nSPS) is 20.0. The molecule has 0 bridgehead atoms. The van der Waals surface area contributed by atoms with E-state index in [4.69, 9.17) is 5.73 Å². The number of nitrogens with one attached hydrogen (secondary N) is 1. The van der Waals surface area contributed by atoms with Gasteiger partial charge < -0.3 is 15.6 Å². The molecule has 1 aliphatic heterocycles. The van der Waals surface area contributed by atoms with Crippen molar-refractivity contribution < 1.29 is 9.18 Å². The Morgan fingerprint density at radius 3 is 2.65 bits per heavy atom. The monoisotopic (exact) mass is 502 g/mol. The van der Waals surface area contributed by atoms with Gasteiger partial charge in [-0.15, -0.1) is 0 Å². The predicted octanol–water partition coefficient (Wildman–Crippen LogP) is 4.34. The lowest BCUT2D eigenvalue weighted by Gasteiger charge is -2.24. The highest BCUT2D eigenvalue weighted by atomic mass is 19.1. The number of aromatic nitrogens is 1. The molecule has 1 atom stereocenters. The number of carbonyl (C=O) groups is 1. The average molecular weight is 503 g/mol. The van der Waals surface area contributed by atoms with Crippen molar-refractivity contribution >= 4 is 16.7 Å². The van der Waals surface area contributed by atoms with Crippen molar-refractivity contribution in [1.82, 2.24) is 14.8 Å². The summed E-state index contributed by atoms with van der Waals surface area (Å²) in [4.78, 5) is 28.6. The van der Waals surface area contributed by atoms with E-state index in [2.05, 4.69) is 10.2 Å². The minimum Gasteiger partial charge on any atom is -0.349 e. The molecule has 0 spiro atoms. The Hall–Kier alpha value is -3.03. The maximum Gasteiger partial charge on any atom is 0.258 e. The smallest absolute Gasteiger partial charge is 0.258 e. The van der Waals surface area contributed by atoms with E-state index in [0.29, 0.717) is 40.6 Å². The molecule has 37 heavy (non-hydrogen) atoms. The van der Waals surface area contributed by atoms with Gasteiger partial charge in [-0.05, 0) is 110 Å². The molecule has 7 heteroatoms. The fourth-order valence-corrected chi connectivity index (χ4v) is 5.67. The second-order valence-electron chi connectivity index (χ2n) is 11.2. The van der Waals surface area contributed by atoms with E-state index in [0.717, 1.165) is 61.8 Å². The summed E-state index contributed by atoms with van der Waals surface area (Å²) in [6.07, 6.45) is 8.55. The van der Waals surface area contributed by atoms with Crippen molar-refractivity contribution in [3.8, 4) is 11.1 Å². The topological polar surface area (TPSA) is 80.4 Å². The van der Waals surface area contributed by atoms with Crippen LogP contribution in [0.3, 0.4) is 0 Å². The Morgan fingerprint density at radius 2 is 1.92 bits per heavy atom. The van der Waals surface area contributed by atoms with E-state index in [9.17, 15) is 14.0 Å². The summed E-state index contributed by atoms with van der Waals surface area (Å²) in [5, 5.41) is 4.53. The van der Waals surface area contributed by atoms with Crippen molar-refractivity contribution in [1.29, 1.82) is 0 Å². The minimum absolute atomic E-state index is 0.0226. The SMILES string of the molecule is Cc1c(F)cc(C(=O)NC2CC2)cc1-c1ccc2c(=O)n(CC3CC3)cc(CN3CCCC3CN)c2c1. The van der Waals surface area contributed by atoms with E-state index in [-0.39, 0.29) is 17.5 Å². The average Bonchev–Trinajstić information content (AvgIpc) is 3.83. The van der Waals surface area contributed by atoms with Crippen LogP contribution in [-0.2, 0) is 13.1 Å². The molecule has 2 heterocycles. The van der Waals surface area contributed by atoms with Gasteiger partial charge in [-0.1, -0.05) is 6.07 Å². The zero-order valence-corrected chi connectivity index (χ0v) is 21.4. The number of hydrogen-bond acceptors (Lipinski definition) is 4. The van der Waals surface area contributed by atoms with Crippen LogP contribution in [0.2, 0.25) is 0 Å². The predicted molar refractivity (Wildman–Crippen MR) is 144 cm³/mol. The van der Waals surface area contributed by atoms with Gasteiger partial charge in [-0.25, -0.2) is 4.39 Å². The highest BCUT2D eigenvalue weighted by molar-refractivity contribution is 5.97. The number of benzene rings is 2. The van der Waals surface area contributed by atoms with Crippen LogP contribution in [0.15, 0.2) is 41.3 Å². The highest BCUT2D eigenvalue weighted by Gasteiger charge is 2.27. The Bertz CT molecular complexity index is 1420. The molecule has 0 radical (unpaired) electrons. The molecule has 3 aliphatic rings. The first-order valence-electron chi connectivity index (χ1n) is 13.6. The maximum atomic E-state index is 15.0. The number of rotatable bonds is 8. The Morgan fingerprint density at radius 1 is 1.11 bits per heavy atom. The summed E-state index contributed by atoms with van der Waals surface area (Å²) >= 11 is 0. The molecular weight excluding hydrogens is 467 g/mol. The lowest BCUT2D eigenvalue weighted by atomic mass is 9.94. The highest BCUT2D eigenvalue weighted by Crippen LogP contribution is 2.33. The van der Waals surface area contributed by atoms with E-state index in [1.807, 2.05) is 29.0 Å². The third-order valence-corrected chi connectivity index (χ3v) is 8.29. The summed E-state index contributed by atoms with van der Waals surface area (Å²) in [7, 11) is 0. The maximum absolute atomic E-state index is 15.0. The van der Waals surface area contributed by atoms with E-state index in [1.54, 1.807) is 13.0 Å². The first-order valence-corrected chi connectivity index (χ1v) is 13.6. The van der Waals surface area contributed by atoms with Gasteiger partial charge >= 0.3 is 0 Å². The number of nitrogens with two attached hydrogens (primary N) is 1. The first-order chi connectivity index (χ1) is 17.9. The fourth-order valence-electron chi connectivity index (χ4n) is 5.67. The minimum atomic E-state index is -0.401. The van der Waals surface area contributed by atoms with Crippen LogP contribution in [0.4, 0.5) is 4.39 Å². The largest absolute Gasteiger partial charge is 0.349 e. The Labute approximate surface area is 216 Å². The zero-order chi connectivity index (χ0) is 25.7. The number of fused-ring (bicyclic) bond motifs is 1. The molecule has 3 aromatic rings. The molecule has 6 rings (SSSR count). The van der Waals surface area contributed by atoms with E-state index >= 15 is 0 Å². The molecule has 2 saturated carbocycles. The molecule has 3 fully saturated rings. The van der Waals surface area contributed by atoms with Gasteiger partial charge in [0.1, 0.15) is 5.82 Å². The van der Waals surface area contributed by atoms with Crippen molar-refractivity contribution in [3.05, 3.63) is 69.4 Å². The Balaban J connectivity index is 1.44. The first kappa shape index (κ1) is 24.3. The third-order valence-electron chi connectivity index (χ3n) is 8.29. The van der Waals surface area contributed by atoms with E-state index < -0.39 is 5.82 Å². The standard InChI is InChI=1S/C30H35FN4O2/c1-18-26(12-21(13-28(18)31)29(36)33-23-7-8-23)20-6-9-25-27(11-20)22(16-34-10-2-3-24(34)14-32)17-35(30(25)37)15-19-4-5-19/h6,9,11-13,17,19,23-24H,2-5,7-8,10,14-16,32H2,1H3,(H,33,36). The molecule has 1 saturated heterocycles. The molecule has 2 aromatic carbocycles. The van der Waals surface area contributed by atoms with Gasteiger partial charge in [0.25, 0.3) is 11.5 Å². The van der Waals surface area contributed by atoms with Crippen LogP contribution in [-0.4, -0.2) is 40.5 Å². The van der Waals surface area contributed by atoms with Crippen LogP contribution in [0, 0.1) is 18.7 Å². The quantitative estimate of drug-likeness (QED) is 0.480. The third kappa shape index (κ3) is 4.94. The summed E-state index contributed by atoms with van der Waals surface area (Å²) < 4.78 is 16.9. The molecule has 6 nitrogen and oxygen atoms in total. The fraction of sp³-hybridized carbons (Fsp3) is 0.467. The second kappa shape index (κ2) is 9.69. The summed E-state index contributed by atoms with van der Waals surface area (Å²) in [5.74, 6) is -0.0589. The van der Waals surface area contributed by atoms with Gasteiger partial charge in [0.2, 0.25) is 0 Å². The van der Waals surface area contributed by atoms with Crippen molar-refractivity contribution in [2.24, 2.45) is 11.7 Å².